The van der Waals surface area contributed by atoms with Crippen molar-refractivity contribution in [2.24, 2.45) is 0 Å². The Labute approximate surface area is 318 Å². The molecule has 1 N–H and O–H groups in total. The molecule has 0 amide bonds. The van der Waals surface area contributed by atoms with Gasteiger partial charge in [-0.1, -0.05) is 91.9 Å². The third-order valence-electron chi connectivity index (χ3n) is 9.40. The van der Waals surface area contributed by atoms with Gasteiger partial charge in [0.2, 0.25) is 0 Å². The molecule has 10 heteroatoms. The van der Waals surface area contributed by atoms with Gasteiger partial charge < -0.3 is 29.2 Å². The lowest BCUT2D eigenvalue weighted by Crippen LogP contribution is -2.40. The Balaban J connectivity index is 4.38. The summed E-state index contributed by atoms with van der Waals surface area (Å²) >= 11 is 0. The molecule has 0 rings (SSSR count). The first-order valence-electron chi connectivity index (χ1n) is 21.2. The highest BCUT2D eigenvalue weighted by Gasteiger charge is 2.17. The highest BCUT2D eigenvalue weighted by atomic mass is 16.6. The number of ether oxygens (including phenoxy) is 4. The first-order valence-corrected chi connectivity index (χ1v) is 21.2. The lowest BCUT2D eigenvalue weighted by molar-refractivity contribution is -0.151. The summed E-state index contributed by atoms with van der Waals surface area (Å²) < 4.78 is 22.4. The van der Waals surface area contributed by atoms with E-state index in [1.165, 1.54) is 64.2 Å². The molecule has 0 bridgehead atoms. The minimum Gasteiger partial charge on any atom is -0.464 e. The van der Waals surface area contributed by atoms with Gasteiger partial charge in [-0.05, 0) is 97.8 Å². The van der Waals surface area contributed by atoms with Gasteiger partial charge in [0.25, 0.3) is 0 Å². The van der Waals surface area contributed by atoms with Crippen LogP contribution in [0.5, 0.6) is 0 Å². The third kappa shape index (κ3) is 32.5. The van der Waals surface area contributed by atoms with Crippen molar-refractivity contribution < 1.29 is 38.1 Å². The molecule has 0 radical (unpaired) electrons. The summed E-state index contributed by atoms with van der Waals surface area (Å²) in [6.45, 7) is 10.3. The molecule has 0 aliphatic rings. The summed E-state index contributed by atoms with van der Waals surface area (Å²) in [6.07, 6.45) is 22.2. The Hall–Kier alpha value is -2.20. The second kappa shape index (κ2) is 35.8. The fraction of sp³-hybridized carbons (Fsp3) is 0.905. The summed E-state index contributed by atoms with van der Waals surface area (Å²) in [5.74, 6) is -1.06. The highest BCUT2D eigenvalue weighted by Crippen LogP contribution is 2.16. The zero-order valence-corrected chi connectivity index (χ0v) is 34.5. The molecular weight excluding hydrogens is 660 g/mol. The number of nitrogens with one attached hydrogen (secondary N) is 1. The van der Waals surface area contributed by atoms with Gasteiger partial charge in [0.05, 0.1) is 6.04 Å². The summed E-state index contributed by atoms with van der Waals surface area (Å²) in [5.41, 5.74) is 0. The number of esters is 4. The Morgan fingerprint density at radius 3 is 1.27 bits per heavy atom. The van der Waals surface area contributed by atoms with Crippen LogP contribution >= 0.6 is 0 Å². The van der Waals surface area contributed by atoms with E-state index in [2.05, 4.69) is 37.9 Å². The van der Waals surface area contributed by atoms with Crippen molar-refractivity contribution in [3.63, 3.8) is 0 Å². The maximum atomic E-state index is 12.5. The molecule has 0 aliphatic carbocycles. The number of hydrogen-bond acceptors (Lipinski definition) is 10. The lowest BCUT2D eigenvalue weighted by atomic mass is 10.1. The van der Waals surface area contributed by atoms with Crippen LogP contribution in [0.25, 0.3) is 0 Å². The first kappa shape index (κ1) is 49.8. The van der Waals surface area contributed by atoms with Gasteiger partial charge >= 0.3 is 23.9 Å². The molecule has 52 heavy (non-hydrogen) atoms. The van der Waals surface area contributed by atoms with Crippen molar-refractivity contribution in [2.75, 3.05) is 40.4 Å². The topological polar surface area (TPSA) is 120 Å². The molecule has 0 fully saturated rings. The molecule has 2 unspecified atom stereocenters. The summed E-state index contributed by atoms with van der Waals surface area (Å²) in [7, 11) is 4.02. The molecule has 2 atom stereocenters. The van der Waals surface area contributed by atoms with E-state index >= 15 is 0 Å². The van der Waals surface area contributed by atoms with Crippen molar-refractivity contribution in [1.82, 2.24) is 10.2 Å². The normalized spacial score (nSPS) is 13.1. The molecule has 0 saturated carbocycles. The predicted molar refractivity (Wildman–Crippen MR) is 210 cm³/mol. The van der Waals surface area contributed by atoms with Crippen LogP contribution in [-0.4, -0.2) is 87.4 Å². The number of carbonyl (C=O) groups is 4. The van der Waals surface area contributed by atoms with Crippen molar-refractivity contribution in [2.45, 2.75) is 206 Å². The van der Waals surface area contributed by atoms with Crippen molar-refractivity contribution in [1.29, 1.82) is 0 Å². The van der Waals surface area contributed by atoms with Crippen LogP contribution in [-0.2, 0) is 38.1 Å². The fourth-order valence-corrected chi connectivity index (χ4v) is 5.96. The monoisotopic (exact) mass is 741 g/mol. The number of hydrogen-bond donors (Lipinski definition) is 1. The SMILES string of the molecule is CCCCCCCCC(CC)OC(=O)CCCCC(=O)OCC(COC(=O)CCCCC(=O)OC(CC)CCCCCCCC)NCCCN(C)C. The molecule has 0 aliphatic heterocycles. The van der Waals surface area contributed by atoms with E-state index in [9.17, 15) is 19.2 Å². The summed E-state index contributed by atoms with van der Waals surface area (Å²) in [4.78, 5) is 51.8. The van der Waals surface area contributed by atoms with E-state index in [1.54, 1.807) is 0 Å². The molecule has 0 spiro atoms. The molecule has 0 aromatic rings. The van der Waals surface area contributed by atoms with Crippen LogP contribution in [0.2, 0.25) is 0 Å². The van der Waals surface area contributed by atoms with Crippen molar-refractivity contribution >= 4 is 23.9 Å². The summed E-state index contributed by atoms with van der Waals surface area (Å²) in [5, 5.41) is 3.35. The average molecular weight is 741 g/mol. The third-order valence-corrected chi connectivity index (χ3v) is 9.40. The maximum absolute atomic E-state index is 12.5. The highest BCUT2D eigenvalue weighted by molar-refractivity contribution is 5.71. The molecule has 10 nitrogen and oxygen atoms in total. The van der Waals surface area contributed by atoms with Crippen molar-refractivity contribution in [3.05, 3.63) is 0 Å². The molecule has 0 aromatic heterocycles. The molecule has 306 valence electrons. The second-order valence-electron chi connectivity index (χ2n) is 14.7. The smallest absolute Gasteiger partial charge is 0.306 e. The van der Waals surface area contributed by atoms with Crippen molar-refractivity contribution in [3.8, 4) is 0 Å². The Morgan fingerprint density at radius 1 is 0.500 bits per heavy atom. The van der Waals surface area contributed by atoms with E-state index in [1.807, 2.05) is 14.1 Å². The molecule has 0 saturated heterocycles. The average Bonchev–Trinajstić information content (AvgIpc) is 3.12. The van der Waals surface area contributed by atoms with Crippen LogP contribution in [0.4, 0.5) is 0 Å². The Bertz CT molecular complexity index is 822. The van der Waals surface area contributed by atoms with Gasteiger partial charge in [-0.2, -0.15) is 0 Å². The summed E-state index contributed by atoms with van der Waals surface area (Å²) in [6, 6.07) is -0.324. The number of rotatable bonds is 37. The van der Waals surface area contributed by atoms with Crippen LogP contribution in [0.1, 0.15) is 188 Å². The first-order chi connectivity index (χ1) is 25.1. The number of unbranched alkanes of at least 4 members (excludes halogenated alkanes) is 12. The minimum atomic E-state index is -0.335. The quantitative estimate of drug-likeness (QED) is 0.0375. The van der Waals surface area contributed by atoms with Crippen LogP contribution in [0.15, 0.2) is 0 Å². The largest absolute Gasteiger partial charge is 0.464 e. The standard InChI is InChI=1S/C42H80N2O8/c1-7-11-13-15-17-19-26-37(9-3)51-41(47)30-23-21-28-39(45)49-34-36(43-32-25-33-44(5)6)35-50-40(46)29-22-24-31-42(48)52-38(10-4)27-20-18-16-14-12-8-2/h36-38,43H,7-35H2,1-6H3. The fourth-order valence-electron chi connectivity index (χ4n) is 5.96. The van der Waals surface area contributed by atoms with Gasteiger partial charge in [0, 0.05) is 25.7 Å². The van der Waals surface area contributed by atoms with Gasteiger partial charge in [-0.3, -0.25) is 19.2 Å². The van der Waals surface area contributed by atoms with Crippen LogP contribution < -0.4 is 5.32 Å². The Kier molecular flexibility index (Phi) is 34.3. The second-order valence-corrected chi connectivity index (χ2v) is 14.7. The van der Waals surface area contributed by atoms with Crippen LogP contribution in [0, 0.1) is 0 Å². The lowest BCUT2D eigenvalue weighted by Gasteiger charge is -2.19. The minimum absolute atomic E-state index is 0.0262. The predicted octanol–water partition coefficient (Wildman–Crippen LogP) is 9.25. The van der Waals surface area contributed by atoms with E-state index in [0.717, 1.165) is 51.5 Å². The van der Waals surface area contributed by atoms with Crippen LogP contribution in [0.3, 0.4) is 0 Å². The van der Waals surface area contributed by atoms with E-state index in [-0.39, 0.29) is 68.2 Å². The number of carbonyl (C=O) groups excluding carboxylic acids is 4. The van der Waals surface area contributed by atoms with Gasteiger partial charge in [0.15, 0.2) is 0 Å². The van der Waals surface area contributed by atoms with Gasteiger partial charge in [-0.25, -0.2) is 0 Å². The van der Waals surface area contributed by atoms with Gasteiger partial charge in [-0.15, -0.1) is 0 Å². The van der Waals surface area contributed by atoms with E-state index in [4.69, 9.17) is 18.9 Å². The zero-order chi connectivity index (χ0) is 38.7. The van der Waals surface area contributed by atoms with E-state index < -0.39 is 0 Å². The maximum Gasteiger partial charge on any atom is 0.306 e. The Morgan fingerprint density at radius 2 is 0.885 bits per heavy atom. The molecule has 0 aromatic carbocycles. The van der Waals surface area contributed by atoms with Gasteiger partial charge in [0.1, 0.15) is 25.4 Å². The number of nitrogens with zero attached hydrogens (tertiary/aromatic N) is 1. The molecule has 0 heterocycles. The zero-order valence-electron chi connectivity index (χ0n) is 34.5. The van der Waals surface area contributed by atoms with E-state index in [0.29, 0.717) is 45.1 Å². The molecular formula is C42H80N2O8.